The lowest BCUT2D eigenvalue weighted by Crippen LogP contribution is -3.00. The third-order valence-electron chi connectivity index (χ3n) is 5.48. The molecule has 0 saturated heterocycles. The molecule has 1 aliphatic rings. The Morgan fingerprint density at radius 2 is 1.85 bits per heavy atom. The van der Waals surface area contributed by atoms with Crippen LogP contribution in [-0.2, 0) is 6.54 Å². The van der Waals surface area contributed by atoms with E-state index in [9.17, 15) is 10.1 Å². The van der Waals surface area contributed by atoms with Crippen LogP contribution in [0.15, 0.2) is 93.7 Å². The monoisotopic (exact) mass is 477 g/mol. The molecule has 0 fully saturated rings. The second-order valence-corrected chi connectivity index (χ2v) is 7.92. The summed E-state index contributed by atoms with van der Waals surface area (Å²) in [5.74, 6) is -0.379. The minimum Gasteiger partial charge on any atom is -1.00 e. The second-order valence-electron chi connectivity index (χ2n) is 7.49. The van der Waals surface area contributed by atoms with Crippen molar-refractivity contribution in [3.63, 3.8) is 0 Å². The normalized spacial score (nSPS) is 14.7. The molecule has 164 valence electrons. The molecule has 1 atom stereocenters. The quantitative estimate of drug-likeness (QED) is 0.351. The predicted octanol–water partition coefficient (Wildman–Crippen LogP) is 1.00. The third-order valence-corrected chi connectivity index (χ3v) is 5.71. The Morgan fingerprint density at radius 3 is 2.58 bits per heavy atom. The summed E-state index contributed by atoms with van der Waals surface area (Å²) in [6.45, 7) is 0.626. The van der Waals surface area contributed by atoms with Crippen LogP contribution in [0.25, 0.3) is 11.0 Å². The van der Waals surface area contributed by atoms with Crippen LogP contribution in [0.3, 0.4) is 0 Å². The van der Waals surface area contributed by atoms with Gasteiger partial charge in [0.05, 0.1) is 16.9 Å². The van der Waals surface area contributed by atoms with E-state index in [-0.39, 0.29) is 29.4 Å². The molecule has 8 heteroatoms. The Bertz CT molecular complexity index is 1490. The molecular weight excluding hydrogens is 461 g/mol. The van der Waals surface area contributed by atoms with E-state index in [1.807, 2.05) is 59.4 Å². The standard InChI is InChI=1S/C25H17ClN3O3.ClH/c26-17-5-3-4-15(12-17)14-29-10-8-16(9-11-29)21-19(13-27)24(28)32-23-18-6-1-2-7-20(18)31-25(30)22(21)23;/h1-12,21H,14,28H2;1H/q+1;/p-1. The topological polar surface area (TPSA) is 93.1 Å². The molecule has 0 amide bonds. The Kier molecular flexibility index (Phi) is 6.10. The first-order valence-corrected chi connectivity index (χ1v) is 10.3. The molecule has 1 aliphatic heterocycles. The lowest BCUT2D eigenvalue weighted by Gasteiger charge is -2.25. The number of hydrogen-bond donors (Lipinski definition) is 1. The minimum atomic E-state index is -0.689. The summed E-state index contributed by atoms with van der Waals surface area (Å²) in [6.07, 6.45) is 3.78. The molecule has 1 unspecified atom stereocenters. The van der Waals surface area contributed by atoms with Crippen molar-refractivity contribution < 1.29 is 26.1 Å². The zero-order valence-corrected chi connectivity index (χ0v) is 18.7. The van der Waals surface area contributed by atoms with Crippen LogP contribution in [-0.4, -0.2) is 0 Å². The molecule has 0 spiro atoms. The highest BCUT2D eigenvalue weighted by molar-refractivity contribution is 6.30. The van der Waals surface area contributed by atoms with Crippen molar-refractivity contribution in [2.45, 2.75) is 12.5 Å². The lowest BCUT2D eigenvalue weighted by atomic mass is 9.84. The van der Waals surface area contributed by atoms with Crippen molar-refractivity contribution in [3.05, 3.63) is 117 Å². The van der Waals surface area contributed by atoms with E-state index in [1.54, 1.807) is 18.2 Å². The molecule has 3 heterocycles. The zero-order chi connectivity index (χ0) is 22.2. The van der Waals surface area contributed by atoms with Gasteiger partial charge in [-0.1, -0.05) is 35.9 Å². The van der Waals surface area contributed by atoms with Gasteiger partial charge in [-0.05, 0) is 29.8 Å². The number of nitrogens with two attached hydrogens (primary N) is 1. The van der Waals surface area contributed by atoms with E-state index in [0.717, 1.165) is 11.1 Å². The SMILES string of the molecule is N#CC1=C(N)Oc2c(c(=O)oc3ccccc23)C1c1cc[n+](Cc2cccc(Cl)c2)cc1.[Cl-]. The smallest absolute Gasteiger partial charge is 0.344 e. The first-order chi connectivity index (χ1) is 15.5. The van der Waals surface area contributed by atoms with Crippen LogP contribution in [0.1, 0.15) is 22.6 Å². The van der Waals surface area contributed by atoms with Crippen molar-refractivity contribution in [3.8, 4) is 11.8 Å². The molecule has 6 nitrogen and oxygen atoms in total. The molecule has 0 aliphatic carbocycles. The fourth-order valence-electron chi connectivity index (χ4n) is 4.01. The van der Waals surface area contributed by atoms with Gasteiger partial charge in [0.15, 0.2) is 24.7 Å². The van der Waals surface area contributed by atoms with E-state index in [1.165, 1.54) is 0 Å². The number of benzene rings is 2. The number of hydrogen-bond acceptors (Lipinski definition) is 5. The molecule has 33 heavy (non-hydrogen) atoms. The highest BCUT2D eigenvalue weighted by Gasteiger charge is 2.35. The van der Waals surface area contributed by atoms with Crippen LogP contribution in [0.4, 0.5) is 0 Å². The first-order valence-electron chi connectivity index (χ1n) is 9.92. The van der Waals surface area contributed by atoms with Gasteiger partial charge in [0, 0.05) is 22.7 Å². The number of allylic oxidation sites excluding steroid dienone is 1. The molecule has 0 radical (unpaired) electrons. The van der Waals surface area contributed by atoms with Crippen LogP contribution in [0.2, 0.25) is 5.02 Å². The number of halogens is 2. The van der Waals surface area contributed by atoms with Gasteiger partial charge >= 0.3 is 5.63 Å². The molecular formula is C25H17Cl2N3O3. The average Bonchev–Trinajstić information content (AvgIpc) is 2.79. The summed E-state index contributed by atoms with van der Waals surface area (Å²) in [5, 5.41) is 11.1. The number of ether oxygens (including phenoxy) is 1. The molecule has 2 N–H and O–H groups in total. The van der Waals surface area contributed by atoms with Gasteiger partial charge in [-0.2, -0.15) is 5.26 Å². The predicted molar refractivity (Wildman–Crippen MR) is 119 cm³/mol. The summed E-state index contributed by atoms with van der Waals surface area (Å²) < 4.78 is 13.3. The van der Waals surface area contributed by atoms with Gasteiger partial charge in [0.1, 0.15) is 17.2 Å². The summed E-state index contributed by atoms with van der Waals surface area (Å²) in [6, 6.07) is 20.6. The maximum atomic E-state index is 12.9. The molecule has 0 bridgehead atoms. The van der Waals surface area contributed by atoms with Crippen LogP contribution < -0.4 is 33.1 Å². The first kappa shape index (κ1) is 22.4. The fraction of sp³-hybridized carbons (Fsp3) is 0.0800. The van der Waals surface area contributed by atoms with Crippen LogP contribution in [0.5, 0.6) is 5.75 Å². The summed E-state index contributed by atoms with van der Waals surface area (Å²) in [7, 11) is 0. The Balaban J connectivity index is 0.00000259. The number of fused-ring (bicyclic) bond motifs is 3. The summed E-state index contributed by atoms with van der Waals surface area (Å²) in [5.41, 5.74) is 8.18. The van der Waals surface area contributed by atoms with E-state index in [4.69, 9.17) is 26.5 Å². The number of para-hydroxylation sites is 1. The number of nitriles is 1. The molecule has 5 rings (SSSR count). The van der Waals surface area contributed by atoms with Gasteiger partial charge < -0.3 is 27.3 Å². The van der Waals surface area contributed by atoms with Crippen molar-refractivity contribution in [1.29, 1.82) is 5.26 Å². The number of rotatable bonds is 3. The molecule has 4 aromatic rings. The molecule has 2 aromatic carbocycles. The molecule has 2 aromatic heterocycles. The van der Waals surface area contributed by atoms with Gasteiger partial charge in [-0.25, -0.2) is 9.36 Å². The summed E-state index contributed by atoms with van der Waals surface area (Å²) >= 11 is 6.08. The number of aromatic nitrogens is 1. The molecule has 0 saturated carbocycles. The van der Waals surface area contributed by atoms with E-state index in [0.29, 0.717) is 28.3 Å². The van der Waals surface area contributed by atoms with Crippen LogP contribution in [0, 0.1) is 11.3 Å². The van der Waals surface area contributed by atoms with Gasteiger partial charge in [-0.15, -0.1) is 0 Å². The van der Waals surface area contributed by atoms with E-state index in [2.05, 4.69) is 6.07 Å². The maximum Gasteiger partial charge on any atom is 0.344 e. The minimum absolute atomic E-state index is 0. The number of pyridine rings is 1. The van der Waals surface area contributed by atoms with Crippen LogP contribution >= 0.6 is 11.6 Å². The van der Waals surface area contributed by atoms with Crippen molar-refractivity contribution in [1.82, 2.24) is 0 Å². The zero-order valence-electron chi connectivity index (χ0n) is 17.2. The largest absolute Gasteiger partial charge is 1.00 e. The highest BCUT2D eigenvalue weighted by Crippen LogP contribution is 2.43. The van der Waals surface area contributed by atoms with Gasteiger partial charge in [0.25, 0.3) is 0 Å². The van der Waals surface area contributed by atoms with Crippen molar-refractivity contribution in [2.75, 3.05) is 0 Å². The Labute approximate surface area is 200 Å². The highest BCUT2D eigenvalue weighted by atomic mass is 35.5. The third kappa shape index (κ3) is 4.05. The summed E-state index contributed by atoms with van der Waals surface area (Å²) in [4.78, 5) is 12.9. The van der Waals surface area contributed by atoms with Crippen molar-refractivity contribution >= 4 is 22.6 Å². The number of nitrogens with zero attached hydrogens (tertiary/aromatic N) is 2. The van der Waals surface area contributed by atoms with Gasteiger partial charge in [-0.3, -0.25) is 0 Å². The maximum absolute atomic E-state index is 12.9. The lowest BCUT2D eigenvalue weighted by molar-refractivity contribution is -0.688. The average molecular weight is 478 g/mol. The second kappa shape index (κ2) is 8.99. The van der Waals surface area contributed by atoms with E-state index < -0.39 is 11.5 Å². The van der Waals surface area contributed by atoms with E-state index >= 15 is 0 Å². The fourth-order valence-corrected chi connectivity index (χ4v) is 4.23. The Morgan fingerprint density at radius 1 is 1.09 bits per heavy atom. The van der Waals surface area contributed by atoms with Crippen molar-refractivity contribution in [2.24, 2.45) is 5.73 Å². The van der Waals surface area contributed by atoms with Gasteiger partial charge in [0.2, 0.25) is 5.88 Å². The Hall–Kier alpha value is -3.79.